The number of carboxylic acids is 1. The maximum absolute atomic E-state index is 13.4. The monoisotopic (exact) mass is 255 g/mol. The van der Waals surface area contributed by atoms with E-state index in [0.29, 0.717) is 12.8 Å². The summed E-state index contributed by atoms with van der Waals surface area (Å²) in [6.45, 7) is 0. The summed E-state index contributed by atoms with van der Waals surface area (Å²) >= 11 is 0. The number of halogens is 2. The van der Waals surface area contributed by atoms with Gasteiger partial charge in [0.1, 0.15) is 11.6 Å². The molecule has 18 heavy (non-hydrogen) atoms. The van der Waals surface area contributed by atoms with Crippen molar-refractivity contribution in [1.29, 1.82) is 0 Å². The van der Waals surface area contributed by atoms with Crippen LogP contribution in [0.1, 0.15) is 25.7 Å². The SMILES string of the molecule is O=C(O)C1CCCC(Nc2ccc(F)cc2F)C1. The third-order valence-corrected chi connectivity index (χ3v) is 3.31. The molecule has 1 fully saturated rings. The van der Waals surface area contributed by atoms with E-state index < -0.39 is 17.6 Å². The summed E-state index contributed by atoms with van der Waals surface area (Å²) in [5.74, 6) is -2.45. The standard InChI is InChI=1S/C13H15F2NO2/c14-9-4-5-12(11(15)7-9)16-10-3-1-2-8(6-10)13(17)18/h4-5,7-8,10,16H,1-3,6H2,(H,17,18). The molecular weight excluding hydrogens is 240 g/mol. The molecule has 2 atom stereocenters. The van der Waals surface area contributed by atoms with E-state index in [9.17, 15) is 13.6 Å². The molecule has 1 aliphatic carbocycles. The largest absolute Gasteiger partial charge is 0.481 e. The van der Waals surface area contributed by atoms with Gasteiger partial charge in [-0.05, 0) is 31.4 Å². The van der Waals surface area contributed by atoms with E-state index in [4.69, 9.17) is 5.11 Å². The van der Waals surface area contributed by atoms with Crippen LogP contribution in [0.2, 0.25) is 0 Å². The molecule has 0 heterocycles. The molecule has 1 aliphatic rings. The summed E-state index contributed by atoms with van der Waals surface area (Å²) < 4.78 is 26.2. The Balaban J connectivity index is 2.02. The van der Waals surface area contributed by atoms with Crippen LogP contribution in [0.5, 0.6) is 0 Å². The zero-order valence-corrected chi connectivity index (χ0v) is 9.83. The summed E-state index contributed by atoms with van der Waals surface area (Å²) in [6.07, 6.45) is 2.75. The number of hydrogen-bond acceptors (Lipinski definition) is 2. The molecule has 98 valence electrons. The first kappa shape index (κ1) is 12.8. The van der Waals surface area contributed by atoms with Gasteiger partial charge in [0.05, 0.1) is 11.6 Å². The molecule has 1 aromatic carbocycles. The van der Waals surface area contributed by atoms with Crippen molar-refractivity contribution < 1.29 is 18.7 Å². The van der Waals surface area contributed by atoms with E-state index in [2.05, 4.69) is 5.32 Å². The molecule has 0 aromatic heterocycles. The van der Waals surface area contributed by atoms with Gasteiger partial charge in [-0.15, -0.1) is 0 Å². The minimum absolute atomic E-state index is 0.0696. The van der Waals surface area contributed by atoms with E-state index in [1.54, 1.807) is 0 Å². The molecule has 2 rings (SSSR count). The van der Waals surface area contributed by atoms with Crippen LogP contribution >= 0.6 is 0 Å². The number of benzene rings is 1. The molecule has 0 radical (unpaired) electrons. The molecule has 0 bridgehead atoms. The molecule has 0 spiro atoms. The Morgan fingerprint density at radius 2 is 2.11 bits per heavy atom. The second-order valence-electron chi connectivity index (χ2n) is 4.67. The number of aliphatic carboxylic acids is 1. The van der Waals surface area contributed by atoms with Crippen LogP contribution in [0.3, 0.4) is 0 Å². The summed E-state index contributed by atoms with van der Waals surface area (Å²) in [4.78, 5) is 10.9. The smallest absolute Gasteiger partial charge is 0.306 e. The molecular formula is C13H15F2NO2. The van der Waals surface area contributed by atoms with Gasteiger partial charge in [0.2, 0.25) is 0 Å². The summed E-state index contributed by atoms with van der Waals surface area (Å²) in [5.41, 5.74) is 0.229. The molecule has 2 N–H and O–H groups in total. The topological polar surface area (TPSA) is 49.3 Å². The third-order valence-electron chi connectivity index (χ3n) is 3.31. The van der Waals surface area contributed by atoms with Gasteiger partial charge in [0, 0.05) is 12.1 Å². The fourth-order valence-electron chi connectivity index (χ4n) is 2.37. The lowest BCUT2D eigenvalue weighted by atomic mass is 9.85. The van der Waals surface area contributed by atoms with Crippen LogP contribution in [0.4, 0.5) is 14.5 Å². The molecule has 0 saturated heterocycles. The Hall–Kier alpha value is -1.65. The molecule has 0 amide bonds. The van der Waals surface area contributed by atoms with Crippen molar-refractivity contribution in [2.75, 3.05) is 5.32 Å². The van der Waals surface area contributed by atoms with E-state index >= 15 is 0 Å². The second kappa shape index (κ2) is 5.33. The lowest BCUT2D eigenvalue weighted by molar-refractivity contribution is -0.142. The number of anilines is 1. The first-order valence-electron chi connectivity index (χ1n) is 6.00. The third kappa shape index (κ3) is 2.97. The molecule has 1 saturated carbocycles. The van der Waals surface area contributed by atoms with Gasteiger partial charge in [-0.3, -0.25) is 4.79 Å². The Morgan fingerprint density at radius 1 is 1.33 bits per heavy atom. The lowest BCUT2D eigenvalue weighted by Gasteiger charge is -2.28. The molecule has 1 aromatic rings. The van der Waals surface area contributed by atoms with Crippen LogP contribution in [0.15, 0.2) is 18.2 Å². The Labute approximate surface area is 104 Å². The van der Waals surface area contributed by atoms with Crippen molar-refractivity contribution in [2.24, 2.45) is 5.92 Å². The van der Waals surface area contributed by atoms with E-state index in [0.717, 1.165) is 18.9 Å². The van der Waals surface area contributed by atoms with Crippen LogP contribution in [0, 0.1) is 17.6 Å². The molecule has 3 nitrogen and oxygen atoms in total. The Morgan fingerprint density at radius 3 is 2.78 bits per heavy atom. The van der Waals surface area contributed by atoms with Crippen LogP contribution in [-0.2, 0) is 4.79 Å². The van der Waals surface area contributed by atoms with Crippen molar-refractivity contribution in [3.8, 4) is 0 Å². The van der Waals surface area contributed by atoms with Crippen molar-refractivity contribution in [3.05, 3.63) is 29.8 Å². The van der Waals surface area contributed by atoms with Gasteiger partial charge in [-0.1, -0.05) is 6.42 Å². The van der Waals surface area contributed by atoms with E-state index in [-0.39, 0.29) is 17.6 Å². The maximum Gasteiger partial charge on any atom is 0.306 e. The Kier molecular flexibility index (Phi) is 3.79. The van der Waals surface area contributed by atoms with Crippen LogP contribution < -0.4 is 5.32 Å². The lowest BCUT2D eigenvalue weighted by Crippen LogP contribution is -2.31. The highest BCUT2D eigenvalue weighted by Crippen LogP contribution is 2.27. The zero-order chi connectivity index (χ0) is 13.1. The predicted molar refractivity (Wildman–Crippen MR) is 63.4 cm³/mol. The average Bonchev–Trinajstić information content (AvgIpc) is 2.33. The van der Waals surface area contributed by atoms with Crippen LogP contribution in [-0.4, -0.2) is 17.1 Å². The number of rotatable bonds is 3. The Bertz CT molecular complexity index is 451. The zero-order valence-electron chi connectivity index (χ0n) is 9.83. The van der Waals surface area contributed by atoms with Crippen molar-refractivity contribution in [1.82, 2.24) is 0 Å². The predicted octanol–water partition coefficient (Wildman–Crippen LogP) is 3.02. The number of carboxylic acid groups (broad SMARTS) is 1. The molecule has 5 heteroatoms. The van der Waals surface area contributed by atoms with Crippen molar-refractivity contribution >= 4 is 11.7 Å². The maximum atomic E-state index is 13.4. The molecule has 2 unspecified atom stereocenters. The number of carbonyl (C=O) groups is 1. The van der Waals surface area contributed by atoms with Crippen LogP contribution in [0.25, 0.3) is 0 Å². The molecule has 0 aliphatic heterocycles. The number of hydrogen-bond donors (Lipinski definition) is 2. The minimum atomic E-state index is -0.805. The summed E-state index contributed by atoms with van der Waals surface area (Å²) in [6, 6.07) is 3.28. The van der Waals surface area contributed by atoms with Gasteiger partial charge in [-0.2, -0.15) is 0 Å². The van der Waals surface area contributed by atoms with E-state index in [1.807, 2.05) is 0 Å². The van der Waals surface area contributed by atoms with Gasteiger partial charge in [0.15, 0.2) is 0 Å². The van der Waals surface area contributed by atoms with E-state index in [1.165, 1.54) is 12.1 Å². The minimum Gasteiger partial charge on any atom is -0.481 e. The van der Waals surface area contributed by atoms with Gasteiger partial charge in [-0.25, -0.2) is 8.78 Å². The second-order valence-corrected chi connectivity index (χ2v) is 4.67. The highest BCUT2D eigenvalue weighted by molar-refractivity contribution is 5.70. The first-order valence-corrected chi connectivity index (χ1v) is 6.00. The first-order chi connectivity index (χ1) is 8.56. The fraction of sp³-hybridized carbons (Fsp3) is 0.462. The summed E-state index contributed by atoms with van der Waals surface area (Å²) in [5, 5.41) is 11.9. The van der Waals surface area contributed by atoms with Crippen molar-refractivity contribution in [2.45, 2.75) is 31.7 Å². The fourth-order valence-corrected chi connectivity index (χ4v) is 2.37. The quantitative estimate of drug-likeness (QED) is 0.872. The number of nitrogens with one attached hydrogen (secondary N) is 1. The van der Waals surface area contributed by atoms with Gasteiger partial charge < -0.3 is 10.4 Å². The highest BCUT2D eigenvalue weighted by Gasteiger charge is 2.27. The van der Waals surface area contributed by atoms with Gasteiger partial charge in [0.25, 0.3) is 0 Å². The van der Waals surface area contributed by atoms with Gasteiger partial charge >= 0.3 is 5.97 Å². The average molecular weight is 255 g/mol. The summed E-state index contributed by atoms with van der Waals surface area (Å²) in [7, 11) is 0. The van der Waals surface area contributed by atoms with Crippen molar-refractivity contribution in [3.63, 3.8) is 0 Å². The highest BCUT2D eigenvalue weighted by atomic mass is 19.1. The normalized spacial score (nSPS) is 23.7.